The van der Waals surface area contributed by atoms with Crippen molar-refractivity contribution in [1.29, 1.82) is 0 Å². The maximum Gasteiger partial charge on any atom is 1.00 e. The minimum Gasteiger partial charge on any atom is -0.547 e. The van der Waals surface area contributed by atoms with Crippen LogP contribution in [0.1, 0.15) is 23.9 Å². The molecule has 0 amide bonds. The second-order valence-electron chi connectivity index (χ2n) is 5.53. The van der Waals surface area contributed by atoms with Crippen molar-refractivity contribution in [3.05, 3.63) is 46.3 Å². The van der Waals surface area contributed by atoms with Crippen molar-refractivity contribution in [3.8, 4) is 0 Å². The van der Waals surface area contributed by atoms with Crippen molar-refractivity contribution in [2.75, 3.05) is 0 Å². The van der Waals surface area contributed by atoms with E-state index in [0.29, 0.717) is 15.6 Å². The van der Waals surface area contributed by atoms with Crippen LogP contribution in [0.2, 0.25) is 0 Å². The maximum absolute atomic E-state index is 14.0. The molecular formula is C15H11BrFLiN4O2. The van der Waals surface area contributed by atoms with Crippen LogP contribution < -0.4 is 24.0 Å². The van der Waals surface area contributed by atoms with E-state index in [0.717, 1.165) is 25.1 Å². The molecule has 3 aromatic rings. The number of imidazole rings is 1. The standard InChI is InChI=1S/C15H12BrFN4O2.Li/c16-9-4-8-6-21(19-12(8)10(17)5-9)14(15(22)23)13-11-2-1-3-20(11)7-18-13;/h4-7,14H,1-3H2,(H,22,23);/q;+1/p-1. The summed E-state index contributed by atoms with van der Waals surface area (Å²) < 4.78 is 17.7. The van der Waals surface area contributed by atoms with Gasteiger partial charge in [0.15, 0.2) is 5.82 Å². The first-order chi connectivity index (χ1) is 11.0. The van der Waals surface area contributed by atoms with Gasteiger partial charge in [-0.05, 0) is 25.0 Å². The van der Waals surface area contributed by atoms with Gasteiger partial charge in [0, 0.05) is 28.3 Å². The van der Waals surface area contributed by atoms with Gasteiger partial charge < -0.3 is 14.5 Å². The Kier molecular flexibility index (Phi) is 4.56. The summed E-state index contributed by atoms with van der Waals surface area (Å²) in [5, 5.41) is 16.3. The zero-order valence-electron chi connectivity index (χ0n) is 12.9. The summed E-state index contributed by atoms with van der Waals surface area (Å²) in [6.07, 6.45) is 4.85. The summed E-state index contributed by atoms with van der Waals surface area (Å²) in [6, 6.07) is 1.81. The minimum atomic E-state index is -1.31. The summed E-state index contributed by atoms with van der Waals surface area (Å²) in [5.41, 5.74) is 1.41. The van der Waals surface area contributed by atoms with E-state index >= 15 is 0 Å². The maximum atomic E-state index is 14.0. The number of carbonyl (C=O) groups excluding carboxylic acids is 1. The first kappa shape index (κ1) is 17.2. The van der Waals surface area contributed by atoms with E-state index in [9.17, 15) is 14.3 Å². The molecule has 1 aliphatic heterocycles. The summed E-state index contributed by atoms with van der Waals surface area (Å²) in [7, 11) is 0. The Morgan fingerprint density at radius 3 is 2.96 bits per heavy atom. The van der Waals surface area contributed by atoms with Crippen molar-refractivity contribution in [2.24, 2.45) is 0 Å². The van der Waals surface area contributed by atoms with Crippen molar-refractivity contribution in [2.45, 2.75) is 25.4 Å². The molecule has 0 saturated carbocycles. The minimum absolute atomic E-state index is 0. The molecule has 2 aromatic heterocycles. The molecule has 1 atom stereocenters. The normalized spacial score (nSPS) is 14.4. The van der Waals surface area contributed by atoms with Crippen molar-refractivity contribution >= 4 is 32.8 Å². The van der Waals surface area contributed by atoms with Crippen LogP contribution in [0.5, 0.6) is 0 Å². The number of nitrogens with zero attached hydrogens (tertiary/aromatic N) is 4. The van der Waals surface area contributed by atoms with Crippen LogP contribution in [0.25, 0.3) is 10.9 Å². The summed E-state index contributed by atoms with van der Waals surface area (Å²) in [5.74, 6) is -1.83. The molecule has 6 nitrogen and oxygen atoms in total. The van der Waals surface area contributed by atoms with Gasteiger partial charge in [-0.3, -0.25) is 4.68 Å². The molecule has 0 fully saturated rings. The molecule has 0 spiro atoms. The fraction of sp³-hybridized carbons (Fsp3) is 0.267. The zero-order chi connectivity index (χ0) is 16.1. The van der Waals surface area contributed by atoms with E-state index in [1.54, 1.807) is 12.4 Å². The summed E-state index contributed by atoms with van der Waals surface area (Å²) in [4.78, 5) is 15.9. The van der Waals surface area contributed by atoms with E-state index in [1.807, 2.05) is 4.57 Å². The van der Waals surface area contributed by atoms with Gasteiger partial charge in [0.2, 0.25) is 0 Å². The number of fused-ring (bicyclic) bond motifs is 2. The molecule has 1 aromatic carbocycles. The van der Waals surface area contributed by atoms with E-state index < -0.39 is 17.8 Å². The number of aryl methyl sites for hydroxylation is 1. The van der Waals surface area contributed by atoms with Gasteiger partial charge in [-0.2, -0.15) is 5.10 Å². The molecule has 1 aliphatic rings. The largest absolute Gasteiger partial charge is 1.00 e. The third kappa shape index (κ3) is 2.69. The van der Waals surface area contributed by atoms with Crippen LogP contribution in [0.15, 0.2) is 29.1 Å². The fourth-order valence-corrected chi connectivity index (χ4v) is 3.53. The van der Waals surface area contributed by atoms with Gasteiger partial charge in [0.1, 0.15) is 11.6 Å². The third-order valence-electron chi connectivity index (χ3n) is 4.08. The van der Waals surface area contributed by atoms with Crippen molar-refractivity contribution in [1.82, 2.24) is 19.3 Å². The van der Waals surface area contributed by atoms with Gasteiger partial charge in [-0.1, -0.05) is 15.9 Å². The molecule has 3 heterocycles. The molecule has 9 heteroatoms. The Hall–Kier alpha value is -1.62. The number of aromatic nitrogens is 4. The van der Waals surface area contributed by atoms with Crippen LogP contribution in [0.4, 0.5) is 4.39 Å². The first-order valence-electron chi connectivity index (χ1n) is 7.13. The summed E-state index contributed by atoms with van der Waals surface area (Å²) in [6.45, 7) is 0.824. The van der Waals surface area contributed by atoms with Gasteiger partial charge in [0.05, 0.1) is 18.0 Å². The molecule has 0 bridgehead atoms. The predicted molar refractivity (Wildman–Crippen MR) is 81.1 cm³/mol. The molecule has 24 heavy (non-hydrogen) atoms. The van der Waals surface area contributed by atoms with E-state index in [4.69, 9.17) is 0 Å². The Balaban J connectivity index is 0.00000169. The topological polar surface area (TPSA) is 75.8 Å². The number of hydrogen-bond acceptors (Lipinski definition) is 4. The molecule has 1 unspecified atom stereocenters. The van der Waals surface area contributed by atoms with Crippen LogP contribution in [0.3, 0.4) is 0 Å². The predicted octanol–water partition coefficient (Wildman–Crippen LogP) is -1.58. The molecule has 4 rings (SSSR count). The number of rotatable bonds is 3. The number of benzene rings is 1. The molecule has 0 aliphatic carbocycles. The van der Waals surface area contributed by atoms with Gasteiger partial charge in [-0.15, -0.1) is 0 Å². The molecule has 0 saturated heterocycles. The summed E-state index contributed by atoms with van der Waals surface area (Å²) >= 11 is 3.22. The first-order valence-corrected chi connectivity index (χ1v) is 7.92. The number of hydrogen-bond donors (Lipinski definition) is 0. The van der Waals surface area contributed by atoms with Gasteiger partial charge >= 0.3 is 18.9 Å². The molecular weight excluding hydrogens is 374 g/mol. The second kappa shape index (κ2) is 6.35. The quantitative estimate of drug-likeness (QED) is 0.511. The molecule has 0 radical (unpaired) electrons. The number of carbonyl (C=O) groups is 1. The number of carboxylic acid groups (broad SMARTS) is 1. The zero-order valence-corrected chi connectivity index (χ0v) is 14.5. The van der Waals surface area contributed by atoms with Crippen molar-refractivity contribution in [3.63, 3.8) is 0 Å². The van der Waals surface area contributed by atoms with E-state index in [1.165, 1.54) is 16.9 Å². The molecule has 118 valence electrons. The van der Waals surface area contributed by atoms with Gasteiger partial charge in [0.25, 0.3) is 0 Å². The van der Waals surface area contributed by atoms with Crippen LogP contribution >= 0.6 is 15.9 Å². The van der Waals surface area contributed by atoms with Crippen molar-refractivity contribution < 1.29 is 33.2 Å². The monoisotopic (exact) mass is 384 g/mol. The second-order valence-corrected chi connectivity index (χ2v) is 6.45. The number of aliphatic carboxylic acids is 1. The van der Waals surface area contributed by atoms with Crippen LogP contribution in [0, 0.1) is 5.82 Å². The van der Waals surface area contributed by atoms with Gasteiger partial charge in [-0.25, -0.2) is 9.37 Å². The Bertz CT molecular complexity index is 939. The Labute approximate surface area is 157 Å². The smallest absolute Gasteiger partial charge is 0.547 e. The Morgan fingerprint density at radius 1 is 1.42 bits per heavy atom. The Morgan fingerprint density at radius 2 is 2.21 bits per heavy atom. The average Bonchev–Trinajstić information content (AvgIpc) is 3.15. The SMILES string of the molecule is O=C([O-])C(c1ncn2c1CCC2)n1cc2cc(Br)cc(F)c2n1.[Li+]. The third-order valence-corrected chi connectivity index (χ3v) is 4.54. The number of halogens is 2. The van der Waals surface area contributed by atoms with Crippen LogP contribution in [-0.4, -0.2) is 25.3 Å². The van der Waals surface area contributed by atoms with E-state index in [-0.39, 0.29) is 24.4 Å². The number of carboxylic acids is 1. The fourth-order valence-electron chi connectivity index (χ4n) is 3.09. The van der Waals surface area contributed by atoms with Crippen LogP contribution in [-0.2, 0) is 17.8 Å². The average molecular weight is 385 g/mol. The van der Waals surface area contributed by atoms with E-state index in [2.05, 4.69) is 26.0 Å². The molecule has 0 N–H and O–H groups in total.